The molecule has 2 unspecified atom stereocenters. The maximum absolute atomic E-state index is 13.3. The number of nitrogens with zero attached hydrogens (tertiary/aromatic N) is 3. The van der Waals surface area contributed by atoms with Gasteiger partial charge in [-0.2, -0.15) is 0 Å². The lowest BCUT2D eigenvalue weighted by atomic mass is 9.76. The first-order chi connectivity index (χ1) is 17.9. The maximum atomic E-state index is 13.3. The summed E-state index contributed by atoms with van der Waals surface area (Å²) in [5, 5.41) is 10.4. The quantitative estimate of drug-likeness (QED) is 0.471. The summed E-state index contributed by atoms with van der Waals surface area (Å²) in [5.41, 5.74) is 3.91. The molecule has 3 heterocycles. The van der Waals surface area contributed by atoms with Crippen molar-refractivity contribution < 1.29 is 27.8 Å². The van der Waals surface area contributed by atoms with Gasteiger partial charge < -0.3 is 14.6 Å². The number of allylic oxidation sites excluding steroid dienone is 2. The van der Waals surface area contributed by atoms with Gasteiger partial charge in [0.2, 0.25) is 15.9 Å². The number of aliphatic carboxylic acids is 1. The van der Waals surface area contributed by atoms with E-state index in [1.54, 1.807) is 46.9 Å². The standard InChI is InChI=1S/C29H39N3O6S/c1-16-22(26(27(33)34)38-28(3,4)5)23(18-10-12-29(6,7)13-11-18)31-24-20-15-30-21(37-8)14-19(20)17(2)32(25(16)24)39(9,35)36/h10,14-15,17,26H,11-13H2,1-9H3,(H,33,34). The lowest BCUT2D eigenvalue weighted by Gasteiger charge is -2.39. The molecule has 2 aromatic heterocycles. The summed E-state index contributed by atoms with van der Waals surface area (Å²) in [5.74, 6) is -0.790. The van der Waals surface area contributed by atoms with E-state index < -0.39 is 33.7 Å². The van der Waals surface area contributed by atoms with Gasteiger partial charge in [0, 0.05) is 23.4 Å². The minimum Gasteiger partial charge on any atom is -0.481 e. The minimum absolute atomic E-state index is 0.122. The molecule has 1 aliphatic heterocycles. The molecule has 4 rings (SSSR count). The average Bonchev–Trinajstić information content (AvgIpc) is 2.81. The van der Waals surface area contributed by atoms with Crippen molar-refractivity contribution in [2.24, 2.45) is 5.41 Å². The molecular formula is C29H39N3O6S. The summed E-state index contributed by atoms with van der Waals surface area (Å²) in [6.45, 7) is 13.4. The molecule has 10 heteroatoms. The van der Waals surface area contributed by atoms with Crippen LogP contribution in [0.2, 0.25) is 0 Å². The second-order valence-corrected chi connectivity index (χ2v) is 14.2. The van der Waals surface area contributed by atoms with E-state index in [1.807, 2.05) is 0 Å². The van der Waals surface area contributed by atoms with Crippen LogP contribution in [0.25, 0.3) is 16.8 Å². The summed E-state index contributed by atoms with van der Waals surface area (Å²) < 4.78 is 39.3. The molecule has 0 radical (unpaired) electrons. The Hall–Kier alpha value is -2.98. The first kappa shape index (κ1) is 29.0. The summed E-state index contributed by atoms with van der Waals surface area (Å²) in [6, 6.07) is 1.14. The molecule has 0 amide bonds. The molecule has 0 aromatic carbocycles. The number of sulfonamides is 1. The molecule has 1 N–H and O–H groups in total. The molecule has 2 aliphatic rings. The second-order valence-electron chi connectivity index (χ2n) is 12.3. The molecule has 2 atom stereocenters. The van der Waals surface area contributed by atoms with Gasteiger partial charge in [-0.3, -0.25) is 4.31 Å². The number of pyridine rings is 2. The van der Waals surface area contributed by atoms with Gasteiger partial charge in [-0.1, -0.05) is 19.9 Å². The third kappa shape index (κ3) is 5.54. The Morgan fingerprint density at radius 1 is 1.26 bits per heavy atom. The van der Waals surface area contributed by atoms with Gasteiger partial charge in [0.15, 0.2) is 6.10 Å². The number of carboxylic acids is 1. The van der Waals surface area contributed by atoms with Crippen molar-refractivity contribution in [3.63, 3.8) is 0 Å². The SMILES string of the molecule is COc1cc2c(cn1)-c1nc(C3=CCC(C)(C)CC3)c(C(OC(C)(C)C)C(=O)O)c(C)c1N(S(C)(=O)=O)C2C. The van der Waals surface area contributed by atoms with Crippen molar-refractivity contribution in [2.45, 2.75) is 85.5 Å². The number of aromatic nitrogens is 2. The van der Waals surface area contributed by atoms with Crippen molar-refractivity contribution >= 4 is 27.3 Å². The zero-order chi connectivity index (χ0) is 29.1. The number of carboxylic acid groups (broad SMARTS) is 1. The van der Waals surface area contributed by atoms with Crippen LogP contribution in [-0.4, -0.2) is 48.4 Å². The van der Waals surface area contributed by atoms with Crippen LogP contribution in [0.1, 0.15) is 95.3 Å². The summed E-state index contributed by atoms with van der Waals surface area (Å²) in [6.07, 6.45) is 6.03. The van der Waals surface area contributed by atoms with Crippen LogP contribution >= 0.6 is 0 Å². The van der Waals surface area contributed by atoms with Crippen molar-refractivity contribution in [1.82, 2.24) is 9.97 Å². The smallest absolute Gasteiger partial charge is 0.337 e. The minimum atomic E-state index is -3.79. The zero-order valence-corrected chi connectivity index (χ0v) is 25.1. The number of hydrogen-bond acceptors (Lipinski definition) is 7. The highest BCUT2D eigenvalue weighted by molar-refractivity contribution is 7.92. The number of ether oxygens (including phenoxy) is 2. The Balaban J connectivity index is 2.13. The van der Waals surface area contributed by atoms with Crippen molar-refractivity contribution in [2.75, 3.05) is 17.7 Å². The fourth-order valence-corrected chi connectivity index (χ4v) is 6.73. The number of rotatable bonds is 6. The normalized spacial score (nSPS) is 19.6. The van der Waals surface area contributed by atoms with Gasteiger partial charge in [-0.15, -0.1) is 0 Å². The largest absolute Gasteiger partial charge is 0.481 e. The van der Waals surface area contributed by atoms with Gasteiger partial charge >= 0.3 is 5.97 Å². The van der Waals surface area contributed by atoms with E-state index in [0.717, 1.165) is 24.7 Å². The Kier molecular flexibility index (Phi) is 7.36. The van der Waals surface area contributed by atoms with Crippen LogP contribution in [0.15, 0.2) is 18.3 Å². The fourth-order valence-electron chi connectivity index (χ4n) is 5.49. The van der Waals surface area contributed by atoms with Crippen molar-refractivity contribution in [3.05, 3.63) is 40.7 Å². The average molecular weight is 558 g/mol. The molecular weight excluding hydrogens is 518 g/mol. The molecule has 0 spiro atoms. The number of anilines is 1. The highest BCUT2D eigenvalue weighted by Crippen LogP contribution is 2.51. The van der Waals surface area contributed by atoms with E-state index >= 15 is 0 Å². The highest BCUT2D eigenvalue weighted by Gasteiger charge is 2.41. The van der Waals surface area contributed by atoms with Crippen molar-refractivity contribution in [3.8, 4) is 17.1 Å². The van der Waals surface area contributed by atoms with E-state index in [2.05, 4.69) is 24.9 Å². The van der Waals surface area contributed by atoms with Crippen molar-refractivity contribution in [1.29, 1.82) is 0 Å². The van der Waals surface area contributed by atoms with Crippen LogP contribution < -0.4 is 9.04 Å². The summed E-state index contributed by atoms with van der Waals surface area (Å²) in [7, 11) is -2.29. The molecule has 0 bridgehead atoms. The van der Waals surface area contributed by atoms with Gasteiger partial charge in [0.1, 0.15) is 0 Å². The van der Waals surface area contributed by atoms with E-state index in [4.69, 9.17) is 14.5 Å². The Bertz CT molecular complexity index is 1460. The number of fused-ring (bicyclic) bond motifs is 3. The fraction of sp³-hybridized carbons (Fsp3) is 0.552. The first-order valence-electron chi connectivity index (χ1n) is 13.1. The van der Waals surface area contributed by atoms with Gasteiger partial charge in [0.25, 0.3) is 0 Å². The van der Waals surface area contributed by atoms with Gasteiger partial charge in [-0.05, 0) is 76.0 Å². The molecule has 0 saturated heterocycles. The maximum Gasteiger partial charge on any atom is 0.337 e. The first-order valence-corrected chi connectivity index (χ1v) is 15.0. The number of carbonyl (C=O) groups is 1. The van der Waals surface area contributed by atoms with Gasteiger partial charge in [-0.25, -0.2) is 23.2 Å². The van der Waals surface area contributed by atoms with Crippen LogP contribution in [0.3, 0.4) is 0 Å². The number of methoxy groups -OCH3 is 1. The molecule has 9 nitrogen and oxygen atoms in total. The zero-order valence-electron chi connectivity index (χ0n) is 24.2. The lowest BCUT2D eigenvalue weighted by Crippen LogP contribution is -2.37. The third-order valence-corrected chi connectivity index (χ3v) is 8.66. The molecule has 212 valence electrons. The predicted octanol–water partition coefficient (Wildman–Crippen LogP) is 5.84. The highest BCUT2D eigenvalue weighted by atomic mass is 32.2. The monoisotopic (exact) mass is 557 g/mol. The lowest BCUT2D eigenvalue weighted by molar-refractivity contribution is -0.160. The third-order valence-electron chi connectivity index (χ3n) is 7.45. The van der Waals surface area contributed by atoms with E-state index in [-0.39, 0.29) is 5.41 Å². The Morgan fingerprint density at radius 2 is 1.92 bits per heavy atom. The predicted molar refractivity (Wildman–Crippen MR) is 151 cm³/mol. The number of hydrogen-bond donors (Lipinski definition) is 1. The topological polar surface area (TPSA) is 119 Å². The Labute approximate surface area is 231 Å². The summed E-state index contributed by atoms with van der Waals surface area (Å²) in [4.78, 5) is 22.2. The van der Waals surface area contributed by atoms with E-state index in [0.29, 0.717) is 51.6 Å². The van der Waals surface area contributed by atoms with Crippen LogP contribution in [0.5, 0.6) is 5.88 Å². The molecule has 0 fully saturated rings. The van der Waals surface area contributed by atoms with Crippen LogP contribution in [0.4, 0.5) is 5.69 Å². The van der Waals surface area contributed by atoms with Crippen LogP contribution in [0, 0.1) is 12.3 Å². The Morgan fingerprint density at radius 3 is 2.44 bits per heavy atom. The van der Waals surface area contributed by atoms with Crippen LogP contribution in [-0.2, 0) is 19.6 Å². The van der Waals surface area contributed by atoms with E-state index in [9.17, 15) is 18.3 Å². The second kappa shape index (κ2) is 9.89. The molecule has 2 aromatic rings. The molecule has 0 saturated carbocycles. The van der Waals surface area contributed by atoms with E-state index in [1.165, 1.54) is 11.4 Å². The molecule has 39 heavy (non-hydrogen) atoms. The molecule has 1 aliphatic carbocycles. The summed E-state index contributed by atoms with van der Waals surface area (Å²) >= 11 is 0. The van der Waals surface area contributed by atoms with Gasteiger partial charge in [0.05, 0.1) is 42.1 Å².